The molecule has 4 heteroatoms. The number of aromatic nitrogens is 1. The molecule has 0 bridgehead atoms. The molecule has 0 aliphatic heterocycles. The van der Waals surface area contributed by atoms with E-state index in [2.05, 4.69) is 16.4 Å². The van der Waals surface area contributed by atoms with E-state index < -0.39 is 0 Å². The van der Waals surface area contributed by atoms with Crippen LogP contribution in [0, 0.1) is 6.92 Å². The van der Waals surface area contributed by atoms with Crippen molar-refractivity contribution in [1.82, 2.24) is 4.98 Å². The van der Waals surface area contributed by atoms with Crippen molar-refractivity contribution in [3.05, 3.63) is 17.1 Å². The number of fused-ring (bicyclic) bond motifs is 1. The Kier molecular flexibility index (Phi) is 1.85. The van der Waals surface area contributed by atoms with Crippen molar-refractivity contribution in [3.8, 4) is 0 Å². The molecule has 1 aliphatic rings. The molecular weight excluding hydrogens is 206 g/mol. The lowest BCUT2D eigenvalue weighted by atomic mass is 10.2. The van der Waals surface area contributed by atoms with Gasteiger partial charge in [-0.2, -0.15) is 0 Å². The third kappa shape index (κ3) is 1.65. The Bertz CT molecular complexity index is 514. The summed E-state index contributed by atoms with van der Waals surface area (Å²) in [6.45, 7) is 2.02. The predicted molar refractivity (Wildman–Crippen MR) is 65.4 cm³/mol. The molecule has 3 rings (SSSR count). The van der Waals surface area contributed by atoms with E-state index in [4.69, 9.17) is 5.73 Å². The lowest BCUT2D eigenvalue weighted by Crippen LogP contribution is -2.03. The van der Waals surface area contributed by atoms with Gasteiger partial charge in [0.15, 0.2) is 0 Å². The molecular formula is C11H13N3S. The molecule has 1 heterocycles. The highest BCUT2D eigenvalue weighted by Crippen LogP contribution is 2.33. The number of benzene rings is 1. The first-order chi connectivity index (χ1) is 7.22. The van der Waals surface area contributed by atoms with Crippen LogP contribution in [0.15, 0.2) is 12.1 Å². The number of aryl methyl sites for hydroxylation is 1. The second-order valence-corrected chi connectivity index (χ2v) is 5.29. The molecule has 1 saturated carbocycles. The Labute approximate surface area is 92.3 Å². The topological polar surface area (TPSA) is 50.9 Å². The molecule has 0 spiro atoms. The zero-order chi connectivity index (χ0) is 10.4. The fraction of sp³-hybridized carbons (Fsp3) is 0.364. The van der Waals surface area contributed by atoms with Gasteiger partial charge in [-0.15, -0.1) is 11.3 Å². The molecule has 3 N–H and O–H groups in total. The molecule has 0 radical (unpaired) electrons. The van der Waals surface area contributed by atoms with Crippen LogP contribution in [0.2, 0.25) is 0 Å². The van der Waals surface area contributed by atoms with Crippen LogP contribution in [-0.4, -0.2) is 11.0 Å². The van der Waals surface area contributed by atoms with Crippen LogP contribution >= 0.6 is 11.3 Å². The first-order valence-electron chi connectivity index (χ1n) is 5.15. The van der Waals surface area contributed by atoms with Gasteiger partial charge in [-0.1, -0.05) is 0 Å². The van der Waals surface area contributed by atoms with Crippen LogP contribution in [0.1, 0.15) is 17.8 Å². The van der Waals surface area contributed by atoms with Gasteiger partial charge in [0, 0.05) is 6.04 Å². The fourth-order valence-corrected chi connectivity index (χ4v) is 2.53. The van der Waals surface area contributed by atoms with Crippen LogP contribution in [0.25, 0.3) is 10.2 Å². The zero-order valence-electron chi connectivity index (χ0n) is 8.58. The van der Waals surface area contributed by atoms with Crippen molar-refractivity contribution in [2.75, 3.05) is 11.1 Å². The van der Waals surface area contributed by atoms with Gasteiger partial charge >= 0.3 is 0 Å². The highest BCUT2D eigenvalue weighted by atomic mass is 32.1. The van der Waals surface area contributed by atoms with E-state index in [-0.39, 0.29) is 0 Å². The minimum absolute atomic E-state index is 0.629. The Morgan fingerprint density at radius 2 is 2.27 bits per heavy atom. The number of hydrogen-bond acceptors (Lipinski definition) is 4. The minimum Gasteiger partial charge on any atom is -0.397 e. The van der Waals surface area contributed by atoms with Gasteiger partial charge < -0.3 is 11.1 Å². The Morgan fingerprint density at radius 3 is 3.00 bits per heavy atom. The number of nitrogens with two attached hydrogens (primary N) is 1. The van der Waals surface area contributed by atoms with Gasteiger partial charge in [-0.25, -0.2) is 4.98 Å². The van der Waals surface area contributed by atoms with Crippen molar-refractivity contribution in [3.63, 3.8) is 0 Å². The largest absolute Gasteiger partial charge is 0.397 e. The Balaban J connectivity index is 2.08. The van der Waals surface area contributed by atoms with Gasteiger partial charge in [0.2, 0.25) is 0 Å². The SMILES string of the molecule is Cc1nc2cc(NC3CC3)c(N)cc2s1. The number of thiazole rings is 1. The number of rotatable bonds is 2. The fourth-order valence-electron chi connectivity index (χ4n) is 1.68. The standard InChI is InChI=1S/C11H13N3S/c1-6-13-10-5-9(14-7-2-3-7)8(12)4-11(10)15-6/h4-5,7,14H,2-3,12H2,1H3. The minimum atomic E-state index is 0.629. The van der Waals surface area contributed by atoms with Gasteiger partial charge in [0.05, 0.1) is 26.6 Å². The van der Waals surface area contributed by atoms with Gasteiger partial charge in [0.1, 0.15) is 0 Å². The maximum Gasteiger partial charge on any atom is 0.0907 e. The normalized spacial score (nSPS) is 15.8. The maximum atomic E-state index is 5.99. The van der Waals surface area contributed by atoms with Gasteiger partial charge in [0.25, 0.3) is 0 Å². The molecule has 0 unspecified atom stereocenters. The molecule has 0 saturated heterocycles. The van der Waals surface area contributed by atoms with E-state index in [0.717, 1.165) is 21.9 Å². The highest BCUT2D eigenvalue weighted by Gasteiger charge is 2.21. The molecule has 1 aromatic heterocycles. The summed E-state index contributed by atoms with van der Waals surface area (Å²) in [5, 5.41) is 4.52. The van der Waals surface area contributed by atoms with Crippen molar-refractivity contribution < 1.29 is 0 Å². The van der Waals surface area contributed by atoms with Gasteiger partial charge in [-0.3, -0.25) is 0 Å². The quantitative estimate of drug-likeness (QED) is 0.764. The maximum absolute atomic E-state index is 5.99. The predicted octanol–water partition coefficient (Wildman–Crippen LogP) is 2.76. The van der Waals surface area contributed by atoms with Crippen molar-refractivity contribution >= 4 is 32.9 Å². The van der Waals surface area contributed by atoms with Crippen LogP contribution in [-0.2, 0) is 0 Å². The zero-order valence-corrected chi connectivity index (χ0v) is 9.40. The average molecular weight is 219 g/mol. The first-order valence-corrected chi connectivity index (χ1v) is 5.97. The van der Waals surface area contributed by atoms with E-state index in [1.54, 1.807) is 11.3 Å². The van der Waals surface area contributed by atoms with Crippen LogP contribution in [0.5, 0.6) is 0 Å². The monoisotopic (exact) mass is 219 g/mol. The third-order valence-corrected chi connectivity index (χ3v) is 3.54. The molecule has 1 fully saturated rings. The summed E-state index contributed by atoms with van der Waals surface area (Å²) in [7, 11) is 0. The van der Waals surface area contributed by atoms with Gasteiger partial charge in [-0.05, 0) is 31.9 Å². The number of anilines is 2. The average Bonchev–Trinajstić information content (AvgIpc) is 2.90. The van der Waals surface area contributed by atoms with Crippen LogP contribution in [0.4, 0.5) is 11.4 Å². The van der Waals surface area contributed by atoms with Crippen LogP contribution in [0.3, 0.4) is 0 Å². The molecule has 1 aromatic carbocycles. The van der Waals surface area contributed by atoms with Crippen molar-refractivity contribution in [2.45, 2.75) is 25.8 Å². The smallest absolute Gasteiger partial charge is 0.0907 e. The van der Waals surface area contributed by atoms with E-state index in [1.807, 2.05) is 13.0 Å². The second kappa shape index (κ2) is 3.10. The molecule has 78 valence electrons. The second-order valence-electron chi connectivity index (χ2n) is 4.06. The summed E-state index contributed by atoms with van der Waals surface area (Å²) < 4.78 is 1.17. The van der Waals surface area contributed by atoms with E-state index >= 15 is 0 Å². The summed E-state index contributed by atoms with van der Waals surface area (Å²) >= 11 is 1.69. The lowest BCUT2D eigenvalue weighted by molar-refractivity contribution is 1.16. The Hall–Kier alpha value is -1.29. The molecule has 0 atom stereocenters. The Morgan fingerprint density at radius 1 is 1.47 bits per heavy atom. The molecule has 0 amide bonds. The van der Waals surface area contributed by atoms with E-state index in [0.29, 0.717) is 6.04 Å². The van der Waals surface area contributed by atoms with Crippen molar-refractivity contribution in [1.29, 1.82) is 0 Å². The summed E-state index contributed by atoms with van der Waals surface area (Å²) in [6.07, 6.45) is 2.52. The first kappa shape index (κ1) is 8.97. The summed E-state index contributed by atoms with van der Waals surface area (Å²) in [4.78, 5) is 4.47. The molecule has 2 aromatic rings. The van der Waals surface area contributed by atoms with E-state index in [1.165, 1.54) is 17.5 Å². The number of nitrogens with one attached hydrogen (secondary N) is 1. The number of nitrogen functional groups attached to an aromatic ring is 1. The molecule has 3 nitrogen and oxygen atoms in total. The highest BCUT2D eigenvalue weighted by molar-refractivity contribution is 7.18. The summed E-state index contributed by atoms with van der Waals surface area (Å²) in [6, 6.07) is 4.71. The van der Waals surface area contributed by atoms with Crippen LogP contribution < -0.4 is 11.1 Å². The third-order valence-electron chi connectivity index (χ3n) is 2.60. The van der Waals surface area contributed by atoms with Crippen molar-refractivity contribution in [2.24, 2.45) is 0 Å². The summed E-state index contributed by atoms with van der Waals surface area (Å²) in [5.74, 6) is 0. The molecule has 15 heavy (non-hydrogen) atoms. The molecule has 1 aliphatic carbocycles. The number of nitrogens with zero attached hydrogens (tertiary/aromatic N) is 1. The van der Waals surface area contributed by atoms with E-state index in [9.17, 15) is 0 Å². The lowest BCUT2D eigenvalue weighted by Gasteiger charge is -2.07. The number of hydrogen-bond donors (Lipinski definition) is 2. The summed E-state index contributed by atoms with van der Waals surface area (Å²) in [5.41, 5.74) is 8.91.